The first-order valence-electron chi connectivity index (χ1n) is 13.0. The van der Waals surface area contributed by atoms with Crippen molar-refractivity contribution in [1.29, 1.82) is 0 Å². The third-order valence-corrected chi connectivity index (χ3v) is 7.43. The summed E-state index contributed by atoms with van der Waals surface area (Å²) in [6.45, 7) is 6.26. The molecule has 3 rings (SSSR count). The highest BCUT2D eigenvalue weighted by Crippen LogP contribution is 2.27. The fourth-order valence-electron chi connectivity index (χ4n) is 4.19. The fraction of sp³-hybridized carbons (Fsp3) is 0.355. The number of nitrogens with zero attached hydrogens (tertiary/aromatic N) is 1. The van der Waals surface area contributed by atoms with Gasteiger partial charge >= 0.3 is 0 Å². The Kier molecular flexibility index (Phi) is 11.0. The number of carbonyl (C=O) groups excluding carboxylic acids is 2. The molecule has 0 aliphatic rings. The number of hydrogen-bond acceptors (Lipinski definition) is 2. The van der Waals surface area contributed by atoms with Crippen molar-refractivity contribution in [2.24, 2.45) is 0 Å². The molecule has 0 aliphatic heterocycles. The molecule has 6 heteroatoms. The Morgan fingerprint density at radius 1 is 0.838 bits per heavy atom. The lowest BCUT2D eigenvalue weighted by molar-refractivity contribution is -0.141. The van der Waals surface area contributed by atoms with E-state index >= 15 is 0 Å². The second-order valence-corrected chi connectivity index (χ2v) is 10.2. The molecule has 196 valence electrons. The molecule has 0 spiro atoms. The van der Waals surface area contributed by atoms with Crippen LogP contribution in [0.1, 0.15) is 55.9 Å². The highest BCUT2D eigenvalue weighted by molar-refractivity contribution is 6.36. The van der Waals surface area contributed by atoms with E-state index in [0.717, 1.165) is 24.0 Å². The van der Waals surface area contributed by atoms with Gasteiger partial charge in [-0.1, -0.05) is 97.7 Å². The summed E-state index contributed by atoms with van der Waals surface area (Å²) in [7, 11) is 0. The van der Waals surface area contributed by atoms with Gasteiger partial charge in [-0.2, -0.15) is 0 Å². The molecule has 1 N–H and O–H groups in total. The molecule has 4 nitrogen and oxygen atoms in total. The Balaban J connectivity index is 1.94. The van der Waals surface area contributed by atoms with E-state index in [9.17, 15) is 9.59 Å². The predicted octanol–water partition coefficient (Wildman–Crippen LogP) is 7.04. The van der Waals surface area contributed by atoms with Crippen LogP contribution >= 0.6 is 23.2 Å². The van der Waals surface area contributed by atoms with E-state index in [1.807, 2.05) is 44.2 Å². The third-order valence-electron chi connectivity index (χ3n) is 6.72. The van der Waals surface area contributed by atoms with Gasteiger partial charge in [0, 0.05) is 41.0 Å². The highest BCUT2D eigenvalue weighted by Gasteiger charge is 2.31. The minimum Gasteiger partial charge on any atom is -0.352 e. The van der Waals surface area contributed by atoms with Crippen molar-refractivity contribution < 1.29 is 9.59 Å². The van der Waals surface area contributed by atoms with Crippen LogP contribution in [0.2, 0.25) is 10.0 Å². The Bertz CT molecular complexity index is 1150. The van der Waals surface area contributed by atoms with Gasteiger partial charge in [-0.05, 0) is 55.0 Å². The largest absolute Gasteiger partial charge is 0.352 e. The first kappa shape index (κ1) is 28.7. The van der Waals surface area contributed by atoms with E-state index in [4.69, 9.17) is 23.2 Å². The van der Waals surface area contributed by atoms with Gasteiger partial charge in [-0.25, -0.2) is 0 Å². The lowest BCUT2D eigenvalue weighted by Gasteiger charge is -2.33. The van der Waals surface area contributed by atoms with Crippen LogP contribution in [-0.2, 0) is 35.4 Å². The lowest BCUT2D eigenvalue weighted by atomic mass is 10.0. The normalized spacial score (nSPS) is 12.6. The molecule has 0 radical (unpaired) electrons. The van der Waals surface area contributed by atoms with Gasteiger partial charge < -0.3 is 10.2 Å². The van der Waals surface area contributed by atoms with Crippen LogP contribution in [0.4, 0.5) is 0 Å². The van der Waals surface area contributed by atoms with Crippen LogP contribution in [0, 0.1) is 0 Å². The molecule has 2 atom stereocenters. The molecule has 3 aromatic rings. The molecule has 37 heavy (non-hydrogen) atoms. The van der Waals surface area contributed by atoms with E-state index in [0.29, 0.717) is 28.5 Å². The first-order valence-corrected chi connectivity index (χ1v) is 13.7. The van der Waals surface area contributed by atoms with Gasteiger partial charge in [0.1, 0.15) is 6.04 Å². The van der Waals surface area contributed by atoms with Crippen molar-refractivity contribution >= 4 is 35.0 Å². The molecule has 0 saturated carbocycles. The lowest BCUT2D eigenvalue weighted by Crippen LogP contribution is -2.52. The van der Waals surface area contributed by atoms with Crippen molar-refractivity contribution in [3.8, 4) is 0 Å². The summed E-state index contributed by atoms with van der Waals surface area (Å²) in [5, 5.41) is 4.03. The molecule has 0 fully saturated rings. The molecule has 0 aliphatic carbocycles. The molecule has 3 aromatic carbocycles. The van der Waals surface area contributed by atoms with Gasteiger partial charge in [-0.15, -0.1) is 0 Å². The summed E-state index contributed by atoms with van der Waals surface area (Å²) < 4.78 is 0. The SMILES string of the molecule is CCc1ccc(CCC(=O)N(Cc2c(Cl)cccc2Cl)[C@@H](Cc2ccccc2)C(=O)N[C@@H](C)CC)cc1. The van der Waals surface area contributed by atoms with E-state index in [1.54, 1.807) is 23.1 Å². The van der Waals surface area contributed by atoms with Gasteiger partial charge in [0.15, 0.2) is 0 Å². The third kappa shape index (κ3) is 8.34. The van der Waals surface area contributed by atoms with Crippen molar-refractivity contribution in [2.75, 3.05) is 0 Å². The maximum Gasteiger partial charge on any atom is 0.243 e. The van der Waals surface area contributed by atoms with E-state index < -0.39 is 6.04 Å². The standard InChI is InChI=1S/C31H36Cl2N2O2/c1-4-22(3)34-31(37)29(20-25-10-7-6-8-11-25)35(21-26-27(32)12-9-13-28(26)33)30(36)19-18-24-16-14-23(5-2)15-17-24/h6-17,22,29H,4-5,18-21H2,1-3H3,(H,34,37)/t22-,29-/m0/s1. The second-order valence-electron chi connectivity index (χ2n) is 9.42. The van der Waals surface area contributed by atoms with Crippen LogP contribution in [0.5, 0.6) is 0 Å². The average Bonchev–Trinajstić information content (AvgIpc) is 2.91. The number of rotatable bonds is 12. The van der Waals surface area contributed by atoms with Crippen molar-refractivity contribution in [3.63, 3.8) is 0 Å². The topological polar surface area (TPSA) is 49.4 Å². The molecular weight excluding hydrogens is 503 g/mol. The van der Waals surface area contributed by atoms with Gasteiger partial charge in [0.05, 0.1) is 0 Å². The number of nitrogens with one attached hydrogen (secondary N) is 1. The van der Waals surface area contributed by atoms with Crippen LogP contribution in [0.25, 0.3) is 0 Å². The van der Waals surface area contributed by atoms with E-state index in [2.05, 4.69) is 36.5 Å². The minimum absolute atomic E-state index is 0.0105. The molecular formula is C31H36Cl2N2O2. The molecule has 0 bridgehead atoms. The van der Waals surface area contributed by atoms with Crippen molar-refractivity contribution in [3.05, 3.63) is 105 Å². The molecule has 0 aromatic heterocycles. The van der Waals surface area contributed by atoms with Gasteiger partial charge in [0.25, 0.3) is 0 Å². The zero-order valence-corrected chi connectivity index (χ0v) is 23.4. The Morgan fingerprint density at radius 3 is 2.05 bits per heavy atom. The second kappa shape index (κ2) is 14.2. The van der Waals surface area contributed by atoms with Crippen molar-refractivity contribution in [1.82, 2.24) is 10.2 Å². The summed E-state index contributed by atoms with van der Waals surface area (Å²) in [6, 6.07) is 22.7. The van der Waals surface area contributed by atoms with Crippen LogP contribution in [-0.4, -0.2) is 28.8 Å². The monoisotopic (exact) mass is 538 g/mol. The predicted molar refractivity (Wildman–Crippen MR) is 153 cm³/mol. The summed E-state index contributed by atoms with van der Waals surface area (Å²) in [6.07, 6.45) is 3.01. The Hall–Kier alpha value is -2.82. The maximum absolute atomic E-state index is 13.8. The molecule has 0 heterocycles. The summed E-state index contributed by atoms with van der Waals surface area (Å²) in [5.74, 6) is -0.294. The quantitative estimate of drug-likeness (QED) is 0.268. The van der Waals surface area contributed by atoms with Crippen LogP contribution < -0.4 is 5.32 Å². The zero-order chi connectivity index (χ0) is 26.8. The van der Waals surface area contributed by atoms with Crippen molar-refractivity contribution in [2.45, 2.75) is 71.5 Å². The van der Waals surface area contributed by atoms with Crippen LogP contribution in [0.15, 0.2) is 72.8 Å². The van der Waals surface area contributed by atoms with Gasteiger partial charge in [0.2, 0.25) is 11.8 Å². The number of hydrogen-bond donors (Lipinski definition) is 1. The number of amides is 2. The Morgan fingerprint density at radius 2 is 1.46 bits per heavy atom. The number of benzene rings is 3. The van der Waals surface area contributed by atoms with Crippen LogP contribution in [0.3, 0.4) is 0 Å². The fourth-order valence-corrected chi connectivity index (χ4v) is 4.70. The van der Waals surface area contributed by atoms with Gasteiger partial charge in [-0.3, -0.25) is 9.59 Å². The molecule has 0 saturated heterocycles. The number of aryl methyl sites for hydroxylation is 2. The highest BCUT2D eigenvalue weighted by atomic mass is 35.5. The molecule has 0 unspecified atom stereocenters. The molecule has 2 amide bonds. The van der Waals surface area contributed by atoms with E-state index in [1.165, 1.54) is 5.56 Å². The minimum atomic E-state index is -0.710. The number of halogens is 2. The summed E-state index contributed by atoms with van der Waals surface area (Å²) in [4.78, 5) is 29.1. The summed E-state index contributed by atoms with van der Waals surface area (Å²) in [5.41, 5.74) is 3.96. The average molecular weight is 540 g/mol. The maximum atomic E-state index is 13.8. The first-order chi connectivity index (χ1) is 17.8. The summed E-state index contributed by atoms with van der Waals surface area (Å²) >= 11 is 13.0. The zero-order valence-electron chi connectivity index (χ0n) is 21.8. The number of carbonyl (C=O) groups is 2. The smallest absolute Gasteiger partial charge is 0.243 e. The Labute approximate surface area is 231 Å². The van der Waals surface area contributed by atoms with E-state index in [-0.39, 0.29) is 30.8 Å².